The van der Waals surface area contributed by atoms with Crippen molar-refractivity contribution in [1.29, 1.82) is 0 Å². The van der Waals surface area contributed by atoms with Gasteiger partial charge in [0.1, 0.15) is 5.82 Å². The van der Waals surface area contributed by atoms with Crippen molar-refractivity contribution in [2.24, 2.45) is 5.92 Å². The fraction of sp³-hybridized carbons (Fsp3) is 0.471. The van der Waals surface area contributed by atoms with E-state index in [-0.39, 0.29) is 11.7 Å². The van der Waals surface area contributed by atoms with Gasteiger partial charge in [-0.15, -0.1) is 11.3 Å². The lowest BCUT2D eigenvalue weighted by Crippen LogP contribution is -2.40. The third-order valence-electron chi connectivity index (χ3n) is 4.27. The standard InChI is InChI=1S/C17H21FN2OS/c1-2-19-11-12-5-7-20(8-6-12)17(21)16-10-13-9-14(18)3-4-15(13)22-16/h3-4,9-10,12,19H,2,5-8,11H2,1H3. The quantitative estimate of drug-likeness (QED) is 0.935. The highest BCUT2D eigenvalue weighted by Gasteiger charge is 2.24. The molecule has 2 heterocycles. The number of carbonyl (C=O) groups is 1. The number of hydrogen-bond donors (Lipinski definition) is 1. The molecule has 1 aromatic heterocycles. The number of amides is 1. The molecule has 1 fully saturated rings. The fourth-order valence-electron chi connectivity index (χ4n) is 2.96. The van der Waals surface area contributed by atoms with E-state index in [1.807, 2.05) is 11.0 Å². The van der Waals surface area contributed by atoms with Gasteiger partial charge in [-0.1, -0.05) is 6.92 Å². The number of nitrogens with one attached hydrogen (secondary N) is 1. The summed E-state index contributed by atoms with van der Waals surface area (Å²) in [6.45, 7) is 5.79. The van der Waals surface area contributed by atoms with Crippen LogP contribution in [0.4, 0.5) is 4.39 Å². The number of thiophene rings is 1. The molecule has 3 rings (SSSR count). The average Bonchev–Trinajstić information content (AvgIpc) is 2.95. The summed E-state index contributed by atoms with van der Waals surface area (Å²) in [6.07, 6.45) is 2.11. The van der Waals surface area contributed by atoms with Gasteiger partial charge in [0.15, 0.2) is 0 Å². The van der Waals surface area contributed by atoms with E-state index in [0.29, 0.717) is 10.8 Å². The summed E-state index contributed by atoms with van der Waals surface area (Å²) >= 11 is 1.45. The van der Waals surface area contributed by atoms with Gasteiger partial charge in [0, 0.05) is 17.8 Å². The Kier molecular flexibility index (Phi) is 4.74. The molecule has 0 unspecified atom stereocenters. The van der Waals surface area contributed by atoms with Gasteiger partial charge >= 0.3 is 0 Å². The van der Waals surface area contributed by atoms with Gasteiger partial charge in [-0.2, -0.15) is 0 Å². The molecule has 22 heavy (non-hydrogen) atoms. The van der Waals surface area contributed by atoms with Crippen LogP contribution in [0.15, 0.2) is 24.3 Å². The number of piperidine rings is 1. The van der Waals surface area contributed by atoms with E-state index in [9.17, 15) is 9.18 Å². The van der Waals surface area contributed by atoms with Crippen molar-refractivity contribution in [3.05, 3.63) is 35.0 Å². The minimum Gasteiger partial charge on any atom is -0.338 e. The van der Waals surface area contributed by atoms with Gasteiger partial charge in [0.05, 0.1) is 4.88 Å². The van der Waals surface area contributed by atoms with E-state index < -0.39 is 0 Å². The van der Waals surface area contributed by atoms with Crippen molar-refractivity contribution in [3.63, 3.8) is 0 Å². The number of rotatable bonds is 4. The first-order valence-corrected chi connectivity index (χ1v) is 8.68. The summed E-state index contributed by atoms with van der Waals surface area (Å²) in [5.41, 5.74) is 0. The number of halogens is 1. The van der Waals surface area contributed by atoms with E-state index in [1.165, 1.54) is 23.5 Å². The van der Waals surface area contributed by atoms with Crippen LogP contribution in [0.3, 0.4) is 0 Å². The maximum absolute atomic E-state index is 13.2. The van der Waals surface area contributed by atoms with Crippen LogP contribution in [0.1, 0.15) is 29.4 Å². The van der Waals surface area contributed by atoms with Crippen molar-refractivity contribution in [2.75, 3.05) is 26.2 Å². The smallest absolute Gasteiger partial charge is 0.263 e. The topological polar surface area (TPSA) is 32.3 Å². The fourth-order valence-corrected chi connectivity index (χ4v) is 3.98. The summed E-state index contributed by atoms with van der Waals surface area (Å²) in [5.74, 6) is 0.498. The van der Waals surface area contributed by atoms with Crippen LogP contribution in [-0.2, 0) is 0 Å². The van der Waals surface area contributed by atoms with Crippen molar-refractivity contribution in [2.45, 2.75) is 19.8 Å². The summed E-state index contributed by atoms with van der Waals surface area (Å²) in [5, 5.41) is 4.20. The highest BCUT2D eigenvalue weighted by atomic mass is 32.1. The Morgan fingerprint density at radius 3 is 2.86 bits per heavy atom. The van der Waals surface area contributed by atoms with Gasteiger partial charge in [0.2, 0.25) is 0 Å². The van der Waals surface area contributed by atoms with Crippen molar-refractivity contribution < 1.29 is 9.18 Å². The second kappa shape index (κ2) is 6.75. The molecule has 0 aliphatic carbocycles. The maximum Gasteiger partial charge on any atom is 0.263 e. The summed E-state index contributed by atoms with van der Waals surface area (Å²) < 4.78 is 14.2. The molecule has 0 saturated carbocycles. The van der Waals surface area contributed by atoms with Crippen molar-refractivity contribution >= 4 is 27.3 Å². The third-order valence-corrected chi connectivity index (χ3v) is 5.38. The van der Waals surface area contributed by atoms with Crippen LogP contribution in [0.5, 0.6) is 0 Å². The summed E-state index contributed by atoms with van der Waals surface area (Å²) in [7, 11) is 0. The van der Waals surface area contributed by atoms with Crippen LogP contribution in [0, 0.1) is 11.7 Å². The van der Waals surface area contributed by atoms with Gasteiger partial charge in [-0.25, -0.2) is 4.39 Å². The second-order valence-electron chi connectivity index (χ2n) is 5.84. The van der Waals surface area contributed by atoms with Crippen LogP contribution < -0.4 is 5.32 Å². The first kappa shape index (κ1) is 15.4. The molecule has 3 nitrogen and oxygen atoms in total. The van der Waals surface area contributed by atoms with E-state index in [2.05, 4.69) is 12.2 Å². The Morgan fingerprint density at radius 1 is 1.36 bits per heavy atom. The molecule has 2 aromatic rings. The van der Waals surface area contributed by atoms with Gasteiger partial charge in [-0.3, -0.25) is 4.79 Å². The zero-order valence-corrected chi connectivity index (χ0v) is 13.6. The SMILES string of the molecule is CCNCC1CCN(C(=O)c2cc3cc(F)ccc3s2)CC1. The van der Waals surface area contributed by atoms with Gasteiger partial charge in [0.25, 0.3) is 5.91 Å². The minimum absolute atomic E-state index is 0.0866. The molecule has 0 spiro atoms. The Hall–Kier alpha value is -1.46. The Bertz CT molecular complexity index is 662. The lowest BCUT2D eigenvalue weighted by Gasteiger charge is -2.31. The van der Waals surface area contributed by atoms with Gasteiger partial charge < -0.3 is 10.2 Å². The number of benzene rings is 1. The maximum atomic E-state index is 13.2. The van der Waals surface area contributed by atoms with E-state index >= 15 is 0 Å². The Morgan fingerprint density at radius 2 is 2.14 bits per heavy atom. The first-order valence-electron chi connectivity index (χ1n) is 7.86. The molecule has 1 amide bonds. The third kappa shape index (κ3) is 3.31. The predicted octanol–water partition coefficient (Wildman–Crippen LogP) is 3.50. The molecule has 1 N–H and O–H groups in total. The van der Waals surface area contributed by atoms with Gasteiger partial charge in [-0.05, 0) is 61.5 Å². The highest BCUT2D eigenvalue weighted by Crippen LogP contribution is 2.28. The second-order valence-corrected chi connectivity index (χ2v) is 6.92. The minimum atomic E-state index is -0.256. The number of likely N-dealkylation sites (tertiary alicyclic amines) is 1. The zero-order valence-electron chi connectivity index (χ0n) is 12.8. The molecule has 1 saturated heterocycles. The molecule has 118 valence electrons. The molecule has 0 radical (unpaired) electrons. The zero-order chi connectivity index (χ0) is 15.5. The van der Waals surface area contributed by atoms with E-state index in [0.717, 1.165) is 49.1 Å². The van der Waals surface area contributed by atoms with Crippen LogP contribution in [0.2, 0.25) is 0 Å². The molecule has 1 aliphatic heterocycles. The summed E-state index contributed by atoms with van der Waals surface area (Å²) in [6, 6.07) is 6.50. The highest BCUT2D eigenvalue weighted by molar-refractivity contribution is 7.20. The lowest BCUT2D eigenvalue weighted by molar-refractivity contribution is 0.0695. The van der Waals surface area contributed by atoms with Crippen molar-refractivity contribution in [1.82, 2.24) is 10.2 Å². The number of nitrogens with zero attached hydrogens (tertiary/aromatic N) is 1. The lowest BCUT2D eigenvalue weighted by atomic mass is 9.96. The molecular formula is C17H21FN2OS. The average molecular weight is 320 g/mol. The molecule has 1 aromatic carbocycles. The molecule has 0 atom stereocenters. The summed E-state index contributed by atoms with van der Waals surface area (Å²) in [4.78, 5) is 15.2. The number of carbonyl (C=O) groups excluding carboxylic acids is 1. The Labute approximate surface area is 134 Å². The van der Waals surface area contributed by atoms with Crippen LogP contribution >= 0.6 is 11.3 Å². The molecule has 0 bridgehead atoms. The number of hydrogen-bond acceptors (Lipinski definition) is 3. The molecule has 5 heteroatoms. The molecule has 1 aliphatic rings. The van der Waals surface area contributed by atoms with Crippen LogP contribution in [0.25, 0.3) is 10.1 Å². The van der Waals surface area contributed by atoms with E-state index in [4.69, 9.17) is 0 Å². The predicted molar refractivity (Wildman–Crippen MR) is 89.0 cm³/mol. The number of fused-ring (bicyclic) bond motifs is 1. The largest absolute Gasteiger partial charge is 0.338 e. The Balaban J connectivity index is 1.66. The first-order chi connectivity index (χ1) is 10.7. The normalized spacial score (nSPS) is 16.4. The van der Waals surface area contributed by atoms with Crippen molar-refractivity contribution in [3.8, 4) is 0 Å². The van der Waals surface area contributed by atoms with Crippen LogP contribution in [-0.4, -0.2) is 37.0 Å². The monoisotopic (exact) mass is 320 g/mol. The molecular weight excluding hydrogens is 299 g/mol. The van der Waals surface area contributed by atoms with E-state index in [1.54, 1.807) is 6.07 Å².